The highest BCUT2D eigenvalue weighted by molar-refractivity contribution is 7.99. The van der Waals surface area contributed by atoms with Crippen LogP contribution in [0.3, 0.4) is 0 Å². The maximum absolute atomic E-state index is 13.3. The van der Waals surface area contributed by atoms with Gasteiger partial charge in [-0.25, -0.2) is 4.98 Å². The number of aromatic amines is 1. The van der Waals surface area contributed by atoms with Gasteiger partial charge >= 0.3 is 5.97 Å². The second-order valence-corrected chi connectivity index (χ2v) is 9.24. The molecule has 5 nitrogen and oxygen atoms in total. The van der Waals surface area contributed by atoms with Gasteiger partial charge in [0.2, 0.25) is 0 Å². The smallest absolute Gasteiger partial charge is 0.316 e. The standard InChI is InChI=1S/C23H28N2O3S/c1-3-28-18(26)14-29-22-24-20-17-12-8-7-9-15(17)13-23(2,19(20)21(27)25-22)16-10-5-4-6-11-16/h7-9,12,16H,3-6,10-11,13-14H2,1-2H3,(H,24,25,27)/t23-/m1/s1. The number of nitrogens with one attached hydrogen (secondary N) is 1. The molecule has 29 heavy (non-hydrogen) atoms. The van der Waals surface area contributed by atoms with E-state index in [1.165, 1.54) is 36.6 Å². The quantitative estimate of drug-likeness (QED) is 0.445. The number of carbonyl (C=O) groups is 1. The zero-order valence-electron chi connectivity index (χ0n) is 17.1. The summed E-state index contributed by atoms with van der Waals surface area (Å²) < 4.78 is 5.00. The summed E-state index contributed by atoms with van der Waals surface area (Å²) in [5.74, 6) is 0.325. The molecule has 0 spiro atoms. The molecule has 0 aliphatic heterocycles. The summed E-state index contributed by atoms with van der Waals surface area (Å²) in [5.41, 5.74) is 3.63. The monoisotopic (exact) mass is 412 g/mol. The molecular weight excluding hydrogens is 384 g/mol. The van der Waals surface area contributed by atoms with Crippen LogP contribution in [0.2, 0.25) is 0 Å². The fourth-order valence-corrected chi connectivity index (χ4v) is 5.71. The number of hydrogen-bond acceptors (Lipinski definition) is 5. The zero-order valence-corrected chi connectivity index (χ0v) is 17.9. The Morgan fingerprint density at radius 3 is 2.79 bits per heavy atom. The van der Waals surface area contributed by atoms with Crippen LogP contribution >= 0.6 is 11.8 Å². The molecule has 1 atom stereocenters. The minimum Gasteiger partial charge on any atom is -0.465 e. The summed E-state index contributed by atoms with van der Waals surface area (Å²) in [6, 6.07) is 8.28. The number of nitrogens with zero attached hydrogens (tertiary/aromatic N) is 1. The number of thioether (sulfide) groups is 1. The van der Waals surface area contributed by atoms with Crippen LogP contribution in [0, 0.1) is 5.92 Å². The number of fused-ring (bicyclic) bond motifs is 3. The van der Waals surface area contributed by atoms with E-state index in [0.29, 0.717) is 17.7 Å². The molecule has 1 N–H and O–H groups in total. The average Bonchev–Trinajstić information content (AvgIpc) is 2.73. The van der Waals surface area contributed by atoms with Crippen LogP contribution in [0.15, 0.2) is 34.2 Å². The number of ether oxygens (including phenoxy) is 1. The van der Waals surface area contributed by atoms with E-state index in [-0.39, 0.29) is 22.7 Å². The van der Waals surface area contributed by atoms with Gasteiger partial charge in [0.05, 0.1) is 23.6 Å². The molecule has 1 aromatic carbocycles. The predicted molar refractivity (Wildman–Crippen MR) is 115 cm³/mol. The van der Waals surface area contributed by atoms with Crippen molar-refractivity contribution < 1.29 is 9.53 Å². The molecular formula is C23H28N2O3S. The Kier molecular flexibility index (Phi) is 5.81. The summed E-state index contributed by atoms with van der Waals surface area (Å²) in [6.45, 7) is 4.38. The number of carbonyl (C=O) groups excluding carboxylic acids is 1. The van der Waals surface area contributed by atoms with Crippen molar-refractivity contribution in [3.8, 4) is 11.3 Å². The molecule has 2 aliphatic rings. The first-order chi connectivity index (χ1) is 14.0. The van der Waals surface area contributed by atoms with E-state index in [9.17, 15) is 9.59 Å². The molecule has 2 aromatic rings. The number of esters is 1. The van der Waals surface area contributed by atoms with Crippen LogP contribution in [-0.4, -0.2) is 28.3 Å². The Bertz CT molecular complexity index is 965. The maximum Gasteiger partial charge on any atom is 0.316 e. The summed E-state index contributed by atoms with van der Waals surface area (Å²) in [5, 5.41) is 0.476. The van der Waals surface area contributed by atoms with Gasteiger partial charge in [0, 0.05) is 11.0 Å². The molecule has 1 heterocycles. The fourth-order valence-electron chi connectivity index (χ4n) is 5.05. The van der Waals surface area contributed by atoms with Crippen LogP contribution in [0.4, 0.5) is 0 Å². The molecule has 6 heteroatoms. The van der Waals surface area contributed by atoms with Crippen LogP contribution in [0.25, 0.3) is 11.3 Å². The second kappa shape index (κ2) is 8.34. The molecule has 1 fully saturated rings. The molecule has 0 amide bonds. The number of H-pyrrole nitrogens is 1. The van der Waals surface area contributed by atoms with Gasteiger partial charge in [-0.1, -0.05) is 62.2 Å². The zero-order chi connectivity index (χ0) is 20.4. The summed E-state index contributed by atoms with van der Waals surface area (Å²) in [4.78, 5) is 32.8. The lowest BCUT2D eigenvalue weighted by Gasteiger charge is -2.43. The van der Waals surface area contributed by atoms with Gasteiger partial charge in [-0.3, -0.25) is 9.59 Å². The lowest BCUT2D eigenvalue weighted by atomic mass is 9.60. The Morgan fingerprint density at radius 1 is 1.28 bits per heavy atom. The van der Waals surface area contributed by atoms with Crippen molar-refractivity contribution in [3.05, 3.63) is 45.7 Å². The fraction of sp³-hybridized carbons (Fsp3) is 0.522. The van der Waals surface area contributed by atoms with Crippen molar-refractivity contribution in [2.45, 2.75) is 62.9 Å². The van der Waals surface area contributed by atoms with E-state index < -0.39 is 0 Å². The lowest BCUT2D eigenvalue weighted by Crippen LogP contribution is -2.43. The first kappa shape index (κ1) is 20.2. The molecule has 0 unspecified atom stereocenters. The van der Waals surface area contributed by atoms with E-state index in [1.54, 1.807) is 6.92 Å². The third kappa shape index (κ3) is 3.87. The predicted octanol–water partition coefficient (Wildman–Crippen LogP) is 4.49. The molecule has 0 bridgehead atoms. The average molecular weight is 413 g/mol. The molecule has 0 saturated heterocycles. The molecule has 4 rings (SSSR count). The van der Waals surface area contributed by atoms with Crippen LogP contribution in [-0.2, 0) is 21.4 Å². The number of aromatic nitrogens is 2. The second-order valence-electron chi connectivity index (χ2n) is 8.27. The van der Waals surface area contributed by atoms with Crippen LogP contribution in [0.1, 0.15) is 57.1 Å². The Labute approximate surface area is 175 Å². The lowest BCUT2D eigenvalue weighted by molar-refractivity contribution is -0.139. The Morgan fingerprint density at radius 2 is 2.03 bits per heavy atom. The largest absolute Gasteiger partial charge is 0.465 e. The van der Waals surface area contributed by atoms with E-state index in [4.69, 9.17) is 9.72 Å². The van der Waals surface area contributed by atoms with Crippen molar-refractivity contribution in [2.24, 2.45) is 5.92 Å². The SMILES string of the molecule is CCOC(=O)CSc1nc2c(c(=O)[nH]1)[C@@](C)(C1CCCCC1)Cc1ccccc1-2. The van der Waals surface area contributed by atoms with E-state index in [2.05, 4.69) is 30.1 Å². The van der Waals surface area contributed by atoms with Gasteiger partial charge < -0.3 is 9.72 Å². The Hall–Kier alpha value is -2.08. The van der Waals surface area contributed by atoms with Crippen molar-refractivity contribution >= 4 is 17.7 Å². The molecule has 2 aliphatic carbocycles. The Balaban J connectivity index is 1.77. The molecule has 1 saturated carbocycles. The van der Waals surface area contributed by atoms with Crippen molar-refractivity contribution in [1.29, 1.82) is 0 Å². The number of hydrogen-bond donors (Lipinski definition) is 1. The van der Waals surface area contributed by atoms with Gasteiger partial charge in [-0.2, -0.15) is 0 Å². The summed E-state index contributed by atoms with van der Waals surface area (Å²) in [6.07, 6.45) is 6.95. The van der Waals surface area contributed by atoms with Gasteiger partial charge in [-0.05, 0) is 37.7 Å². The maximum atomic E-state index is 13.3. The van der Waals surface area contributed by atoms with E-state index >= 15 is 0 Å². The van der Waals surface area contributed by atoms with Gasteiger partial charge in [0.1, 0.15) is 0 Å². The minimum atomic E-state index is -0.301. The van der Waals surface area contributed by atoms with Crippen molar-refractivity contribution in [1.82, 2.24) is 9.97 Å². The van der Waals surface area contributed by atoms with Gasteiger partial charge in [0.25, 0.3) is 5.56 Å². The van der Waals surface area contributed by atoms with Crippen LogP contribution < -0.4 is 5.56 Å². The molecule has 0 radical (unpaired) electrons. The van der Waals surface area contributed by atoms with Crippen LogP contribution in [0.5, 0.6) is 0 Å². The van der Waals surface area contributed by atoms with Gasteiger partial charge in [-0.15, -0.1) is 0 Å². The van der Waals surface area contributed by atoms with Gasteiger partial charge in [0.15, 0.2) is 5.16 Å². The number of rotatable bonds is 5. The highest BCUT2D eigenvalue weighted by Gasteiger charge is 2.44. The molecule has 1 aromatic heterocycles. The number of benzene rings is 1. The normalized spacial score (nSPS) is 21.3. The summed E-state index contributed by atoms with van der Waals surface area (Å²) in [7, 11) is 0. The van der Waals surface area contributed by atoms with Crippen molar-refractivity contribution in [2.75, 3.05) is 12.4 Å². The summed E-state index contributed by atoms with van der Waals surface area (Å²) >= 11 is 1.22. The van der Waals surface area contributed by atoms with E-state index in [1.807, 2.05) is 6.07 Å². The highest BCUT2D eigenvalue weighted by Crippen LogP contribution is 2.48. The third-order valence-corrected chi connectivity index (χ3v) is 7.28. The topological polar surface area (TPSA) is 72.0 Å². The minimum absolute atomic E-state index is 0.0658. The highest BCUT2D eigenvalue weighted by atomic mass is 32.2. The first-order valence-corrected chi connectivity index (χ1v) is 11.5. The molecule has 154 valence electrons. The third-order valence-electron chi connectivity index (χ3n) is 6.44. The van der Waals surface area contributed by atoms with Crippen molar-refractivity contribution in [3.63, 3.8) is 0 Å². The van der Waals surface area contributed by atoms with E-state index in [0.717, 1.165) is 36.1 Å². The first-order valence-electron chi connectivity index (χ1n) is 10.5.